The third-order valence-corrected chi connectivity index (χ3v) is 6.08. The lowest BCUT2D eigenvalue weighted by Gasteiger charge is -2.23. The van der Waals surface area contributed by atoms with Crippen molar-refractivity contribution < 1.29 is 13.9 Å². The first kappa shape index (κ1) is 21.6. The van der Waals surface area contributed by atoms with E-state index >= 15 is 0 Å². The zero-order valence-corrected chi connectivity index (χ0v) is 18.3. The van der Waals surface area contributed by atoms with Gasteiger partial charge in [-0.25, -0.2) is 4.39 Å². The second-order valence-electron chi connectivity index (χ2n) is 8.51. The van der Waals surface area contributed by atoms with E-state index in [4.69, 9.17) is 9.47 Å². The van der Waals surface area contributed by atoms with E-state index < -0.39 is 0 Å². The maximum absolute atomic E-state index is 14.4. The normalized spacial score (nSPS) is 22.2. The van der Waals surface area contributed by atoms with Crippen LogP contribution in [0.4, 0.5) is 4.39 Å². The third kappa shape index (κ3) is 5.76. The molecular formula is C25H32FN3O2. The molecule has 0 bridgehead atoms. The lowest BCUT2D eigenvalue weighted by Crippen LogP contribution is -2.41. The minimum Gasteiger partial charge on any atom is -0.490 e. The van der Waals surface area contributed by atoms with E-state index in [1.807, 2.05) is 31.2 Å². The average Bonchev–Trinajstić information content (AvgIpc) is 3.51. The first-order valence-electron chi connectivity index (χ1n) is 11.2. The van der Waals surface area contributed by atoms with Crippen molar-refractivity contribution in [1.82, 2.24) is 10.6 Å². The highest BCUT2D eigenvalue weighted by Crippen LogP contribution is 2.34. The molecule has 0 radical (unpaired) electrons. The second-order valence-corrected chi connectivity index (χ2v) is 8.51. The quantitative estimate of drug-likeness (QED) is 0.479. The van der Waals surface area contributed by atoms with Crippen molar-refractivity contribution in [3.63, 3.8) is 0 Å². The Morgan fingerprint density at radius 1 is 1.19 bits per heavy atom. The topological polar surface area (TPSA) is 54.9 Å². The summed E-state index contributed by atoms with van der Waals surface area (Å²) in [7, 11) is 1.75. The van der Waals surface area contributed by atoms with E-state index in [1.165, 1.54) is 18.4 Å². The predicted octanol–water partition coefficient (Wildman–Crippen LogP) is 4.62. The van der Waals surface area contributed by atoms with Crippen molar-refractivity contribution in [2.45, 2.75) is 38.3 Å². The molecule has 2 fully saturated rings. The van der Waals surface area contributed by atoms with Gasteiger partial charge >= 0.3 is 0 Å². The molecule has 0 aromatic heterocycles. The molecule has 166 valence electrons. The highest BCUT2D eigenvalue weighted by molar-refractivity contribution is 5.80. The Hall–Kier alpha value is -2.60. The molecule has 2 N–H and O–H groups in total. The van der Waals surface area contributed by atoms with Crippen LogP contribution in [-0.4, -0.2) is 32.8 Å². The van der Waals surface area contributed by atoms with Crippen molar-refractivity contribution in [1.29, 1.82) is 0 Å². The van der Waals surface area contributed by atoms with Crippen LogP contribution in [0.2, 0.25) is 0 Å². The number of nitrogens with one attached hydrogen (secondary N) is 2. The number of guanidine groups is 1. The number of aliphatic imine (C=N–C) groups is 1. The van der Waals surface area contributed by atoms with Crippen molar-refractivity contribution in [3.8, 4) is 5.75 Å². The predicted molar refractivity (Wildman–Crippen MR) is 121 cm³/mol. The molecule has 5 nitrogen and oxygen atoms in total. The molecular weight excluding hydrogens is 393 g/mol. The van der Waals surface area contributed by atoms with Gasteiger partial charge in [-0.15, -0.1) is 0 Å². The summed E-state index contributed by atoms with van der Waals surface area (Å²) in [5, 5.41) is 6.78. The molecule has 0 amide bonds. The van der Waals surface area contributed by atoms with E-state index in [2.05, 4.69) is 27.8 Å². The van der Waals surface area contributed by atoms with Gasteiger partial charge in [0.05, 0.1) is 18.8 Å². The van der Waals surface area contributed by atoms with Gasteiger partial charge in [-0.05, 0) is 55.4 Å². The van der Waals surface area contributed by atoms with Crippen molar-refractivity contribution in [2.24, 2.45) is 16.8 Å². The number of nitrogens with zero attached hydrogens (tertiary/aromatic N) is 1. The number of ether oxygens (including phenoxy) is 2. The van der Waals surface area contributed by atoms with E-state index in [-0.39, 0.29) is 18.0 Å². The minimum absolute atomic E-state index is 0.0945. The molecule has 6 heteroatoms. The summed E-state index contributed by atoms with van der Waals surface area (Å²) in [6.45, 7) is 4.13. The van der Waals surface area contributed by atoms with Crippen LogP contribution in [0.25, 0.3) is 0 Å². The van der Waals surface area contributed by atoms with Crippen LogP contribution < -0.4 is 15.4 Å². The molecule has 1 aliphatic heterocycles. The highest BCUT2D eigenvalue weighted by atomic mass is 19.1. The first-order chi connectivity index (χ1) is 15.1. The SMILES string of the molecule is CN=C(NCC1CCOC1c1ccccc1)NC(C)c1ccc(OCC2CC2)c(F)c1. The summed E-state index contributed by atoms with van der Waals surface area (Å²) in [4.78, 5) is 4.34. The highest BCUT2D eigenvalue weighted by Gasteiger charge is 2.29. The first-order valence-corrected chi connectivity index (χ1v) is 11.2. The fraction of sp³-hybridized carbons (Fsp3) is 0.480. The fourth-order valence-electron chi connectivity index (χ4n) is 3.96. The molecule has 3 unspecified atom stereocenters. The van der Waals surface area contributed by atoms with Crippen LogP contribution in [0.1, 0.15) is 49.5 Å². The molecule has 31 heavy (non-hydrogen) atoms. The Kier molecular flexibility index (Phi) is 7.07. The molecule has 2 aliphatic rings. The van der Waals surface area contributed by atoms with Crippen LogP contribution in [-0.2, 0) is 4.74 Å². The number of hydrogen-bond acceptors (Lipinski definition) is 3. The van der Waals surface area contributed by atoms with E-state index in [0.717, 1.165) is 25.1 Å². The Balaban J connectivity index is 1.30. The Bertz CT molecular complexity index is 886. The van der Waals surface area contributed by atoms with Gasteiger partial charge in [0.2, 0.25) is 0 Å². The molecule has 1 aliphatic carbocycles. The van der Waals surface area contributed by atoms with Crippen LogP contribution in [0.5, 0.6) is 5.75 Å². The maximum atomic E-state index is 14.4. The molecule has 1 heterocycles. The molecule has 1 saturated carbocycles. The van der Waals surface area contributed by atoms with Gasteiger partial charge in [-0.1, -0.05) is 36.4 Å². The summed E-state index contributed by atoms with van der Waals surface area (Å²) in [6.07, 6.45) is 3.48. The van der Waals surface area contributed by atoms with Crippen LogP contribution in [0.3, 0.4) is 0 Å². The van der Waals surface area contributed by atoms with E-state index in [9.17, 15) is 4.39 Å². The summed E-state index contributed by atoms with van der Waals surface area (Å²) in [5.74, 6) is 1.68. The third-order valence-electron chi connectivity index (χ3n) is 6.08. The summed E-state index contributed by atoms with van der Waals surface area (Å²) >= 11 is 0. The van der Waals surface area contributed by atoms with Gasteiger partial charge < -0.3 is 20.1 Å². The van der Waals surface area contributed by atoms with Gasteiger partial charge in [-0.3, -0.25) is 4.99 Å². The molecule has 0 spiro atoms. The van der Waals surface area contributed by atoms with Crippen molar-refractivity contribution in [2.75, 3.05) is 26.8 Å². The smallest absolute Gasteiger partial charge is 0.191 e. The van der Waals surface area contributed by atoms with E-state index in [1.54, 1.807) is 19.2 Å². The largest absolute Gasteiger partial charge is 0.490 e. The number of hydrogen-bond donors (Lipinski definition) is 2. The molecule has 3 atom stereocenters. The minimum atomic E-state index is -0.316. The molecule has 2 aromatic rings. The Morgan fingerprint density at radius 3 is 2.71 bits per heavy atom. The average molecular weight is 426 g/mol. The number of benzene rings is 2. The van der Waals surface area contributed by atoms with Crippen LogP contribution in [0, 0.1) is 17.7 Å². The van der Waals surface area contributed by atoms with Gasteiger partial charge in [0.1, 0.15) is 0 Å². The Morgan fingerprint density at radius 2 is 2.00 bits per heavy atom. The van der Waals surface area contributed by atoms with Crippen LogP contribution >= 0.6 is 0 Å². The second kappa shape index (κ2) is 10.1. The van der Waals surface area contributed by atoms with E-state index in [0.29, 0.717) is 30.2 Å². The standard InChI is InChI=1S/C25H32FN3O2/c1-17(20-10-11-23(22(26)14-20)31-16-18-8-9-18)29-25(27-2)28-15-21-12-13-30-24(21)19-6-4-3-5-7-19/h3-7,10-11,14,17-18,21,24H,8-9,12-13,15-16H2,1-2H3,(H2,27,28,29). The molecule has 1 saturated heterocycles. The summed E-state index contributed by atoms with van der Waals surface area (Å²) < 4.78 is 26.0. The monoisotopic (exact) mass is 425 g/mol. The van der Waals surface area contributed by atoms with Gasteiger partial charge in [0.15, 0.2) is 17.5 Å². The summed E-state index contributed by atoms with van der Waals surface area (Å²) in [5.41, 5.74) is 2.06. The molecule has 2 aromatic carbocycles. The number of rotatable bonds is 8. The van der Waals surface area contributed by atoms with Crippen molar-refractivity contribution >= 4 is 5.96 Å². The zero-order chi connectivity index (χ0) is 21.6. The van der Waals surface area contributed by atoms with Gasteiger partial charge in [0, 0.05) is 26.1 Å². The van der Waals surface area contributed by atoms with Gasteiger partial charge in [-0.2, -0.15) is 0 Å². The number of halogens is 1. The lowest BCUT2D eigenvalue weighted by atomic mass is 9.95. The van der Waals surface area contributed by atoms with Gasteiger partial charge in [0.25, 0.3) is 0 Å². The van der Waals surface area contributed by atoms with Crippen LogP contribution in [0.15, 0.2) is 53.5 Å². The summed E-state index contributed by atoms with van der Waals surface area (Å²) in [6, 6.07) is 15.4. The zero-order valence-electron chi connectivity index (χ0n) is 18.3. The van der Waals surface area contributed by atoms with Crippen molar-refractivity contribution in [3.05, 3.63) is 65.5 Å². The fourth-order valence-corrected chi connectivity index (χ4v) is 3.96. The Labute approximate surface area is 184 Å². The maximum Gasteiger partial charge on any atom is 0.191 e. The molecule has 4 rings (SSSR count). The lowest BCUT2D eigenvalue weighted by molar-refractivity contribution is 0.0915.